The first kappa shape index (κ1) is 15.5. The van der Waals surface area contributed by atoms with Gasteiger partial charge in [0.15, 0.2) is 0 Å². The summed E-state index contributed by atoms with van der Waals surface area (Å²) in [6.45, 7) is 0. The predicted molar refractivity (Wildman–Crippen MR) is 91.7 cm³/mol. The molecule has 0 saturated heterocycles. The summed E-state index contributed by atoms with van der Waals surface area (Å²) in [5.74, 6) is 1.64. The molecule has 1 aromatic carbocycles. The van der Waals surface area contributed by atoms with Crippen LogP contribution in [0, 0.1) is 0 Å². The Morgan fingerprint density at radius 3 is 2.58 bits per heavy atom. The number of fused-ring (bicyclic) bond motifs is 3. The van der Waals surface area contributed by atoms with E-state index in [2.05, 4.69) is 5.16 Å². The molecule has 0 N–H and O–H groups in total. The zero-order valence-corrected chi connectivity index (χ0v) is 14.1. The number of nitrogens with zero attached hydrogens (tertiary/aromatic N) is 1. The lowest BCUT2D eigenvalue weighted by Gasteiger charge is -2.15. The molecule has 2 aliphatic rings. The van der Waals surface area contributed by atoms with Gasteiger partial charge < -0.3 is 9.25 Å². The van der Waals surface area contributed by atoms with E-state index in [-0.39, 0.29) is 0 Å². The van der Waals surface area contributed by atoms with Gasteiger partial charge in [0, 0.05) is 29.0 Å². The molecule has 0 radical (unpaired) electrons. The topological polar surface area (TPSA) is 51.8 Å². The standard InChI is InChI=1S/C19H18ClNO3/c20-13-10-8-12(9-11-13)19(22)24-21-15-5-3-7-17-18(15)14-4-1-2-6-16(14)23-17/h8-11H,1-7H2/b21-15+. The smallest absolute Gasteiger partial charge is 0.365 e. The van der Waals surface area contributed by atoms with Crippen molar-refractivity contribution in [3.8, 4) is 0 Å². The zero-order valence-electron chi connectivity index (χ0n) is 13.3. The SMILES string of the molecule is O=C(O/N=C1\CCCc2oc3c(c21)CCCC3)c1ccc(Cl)cc1. The van der Waals surface area contributed by atoms with E-state index >= 15 is 0 Å². The zero-order chi connectivity index (χ0) is 16.5. The van der Waals surface area contributed by atoms with Gasteiger partial charge in [-0.25, -0.2) is 4.79 Å². The second-order valence-electron chi connectivity index (χ2n) is 6.29. The van der Waals surface area contributed by atoms with Gasteiger partial charge in [-0.3, -0.25) is 0 Å². The number of furan rings is 1. The summed E-state index contributed by atoms with van der Waals surface area (Å²) in [5.41, 5.74) is 3.65. The molecule has 0 amide bonds. The molecule has 24 heavy (non-hydrogen) atoms. The molecule has 0 saturated carbocycles. The fraction of sp³-hybridized carbons (Fsp3) is 0.368. The van der Waals surface area contributed by atoms with Crippen molar-refractivity contribution in [2.75, 3.05) is 0 Å². The Bertz CT molecular complexity index is 805. The van der Waals surface area contributed by atoms with Gasteiger partial charge in [-0.05, 0) is 56.4 Å². The number of carbonyl (C=O) groups excluding carboxylic acids is 1. The highest BCUT2D eigenvalue weighted by Gasteiger charge is 2.28. The summed E-state index contributed by atoms with van der Waals surface area (Å²) in [4.78, 5) is 17.3. The molecule has 5 heteroatoms. The van der Waals surface area contributed by atoms with Gasteiger partial charge in [0.1, 0.15) is 11.5 Å². The van der Waals surface area contributed by atoms with E-state index in [0.717, 1.165) is 54.9 Å². The fourth-order valence-electron chi connectivity index (χ4n) is 3.50. The monoisotopic (exact) mass is 343 g/mol. The third-order valence-electron chi connectivity index (χ3n) is 4.67. The van der Waals surface area contributed by atoms with Crippen LogP contribution in [0.2, 0.25) is 5.02 Å². The first-order valence-electron chi connectivity index (χ1n) is 8.40. The van der Waals surface area contributed by atoms with Crippen LogP contribution in [-0.4, -0.2) is 11.7 Å². The molecule has 0 fully saturated rings. The molecule has 0 aliphatic heterocycles. The average Bonchev–Trinajstić information content (AvgIpc) is 2.99. The average molecular weight is 344 g/mol. The number of hydrogen-bond acceptors (Lipinski definition) is 4. The Labute approximate surface area is 145 Å². The summed E-state index contributed by atoms with van der Waals surface area (Å²) in [7, 11) is 0. The van der Waals surface area contributed by atoms with Crippen molar-refractivity contribution in [1.82, 2.24) is 0 Å². The maximum absolute atomic E-state index is 12.1. The number of carbonyl (C=O) groups is 1. The summed E-state index contributed by atoms with van der Waals surface area (Å²) < 4.78 is 6.03. The number of hydrogen-bond donors (Lipinski definition) is 0. The quantitative estimate of drug-likeness (QED) is 0.586. The molecule has 0 spiro atoms. The molecule has 124 valence electrons. The minimum Gasteiger partial charge on any atom is -0.465 e. The number of oxime groups is 1. The van der Waals surface area contributed by atoms with Crippen molar-refractivity contribution in [2.24, 2.45) is 5.16 Å². The van der Waals surface area contributed by atoms with Crippen LogP contribution in [0.15, 0.2) is 33.8 Å². The summed E-state index contributed by atoms with van der Waals surface area (Å²) >= 11 is 5.84. The van der Waals surface area contributed by atoms with E-state index in [1.165, 1.54) is 18.4 Å². The van der Waals surface area contributed by atoms with Gasteiger partial charge in [-0.15, -0.1) is 0 Å². The van der Waals surface area contributed by atoms with Crippen molar-refractivity contribution >= 4 is 23.3 Å². The first-order valence-corrected chi connectivity index (χ1v) is 8.78. The van der Waals surface area contributed by atoms with Gasteiger partial charge in [0.2, 0.25) is 0 Å². The van der Waals surface area contributed by atoms with Crippen LogP contribution in [0.3, 0.4) is 0 Å². The summed E-state index contributed by atoms with van der Waals surface area (Å²) in [6, 6.07) is 6.60. The molecule has 4 nitrogen and oxygen atoms in total. The molecule has 2 aromatic rings. The number of halogens is 1. The molecule has 0 atom stereocenters. The number of benzene rings is 1. The molecule has 0 unspecified atom stereocenters. The van der Waals surface area contributed by atoms with Crippen LogP contribution in [0.1, 0.15) is 58.7 Å². The Balaban J connectivity index is 1.59. The van der Waals surface area contributed by atoms with Crippen LogP contribution in [-0.2, 0) is 24.1 Å². The van der Waals surface area contributed by atoms with E-state index in [9.17, 15) is 4.79 Å². The highest BCUT2D eigenvalue weighted by molar-refractivity contribution is 6.30. The number of aryl methyl sites for hydroxylation is 2. The molecule has 0 bridgehead atoms. The first-order chi connectivity index (χ1) is 11.7. The maximum atomic E-state index is 12.1. The highest BCUT2D eigenvalue weighted by Crippen LogP contribution is 2.34. The molecule has 2 aliphatic carbocycles. The van der Waals surface area contributed by atoms with Gasteiger partial charge in [-0.2, -0.15) is 0 Å². The van der Waals surface area contributed by atoms with Gasteiger partial charge in [0.05, 0.1) is 11.3 Å². The second-order valence-corrected chi connectivity index (χ2v) is 6.72. The maximum Gasteiger partial charge on any atom is 0.365 e. The lowest BCUT2D eigenvalue weighted by molar-refractivity contribution is 0.0515. The Morgan fingerprint density at radius 1 is 1.00 bits per heavy atom. The van der Waals surface area contributed by atoms with E-state index < -0.39 is 5.97 Å². The van der Waals surface area contributed by atoms with E-state index in [0.29, 0.717) is 10.6 Å². The fourth-order valence-corrected chi connectivity index (χ4v) is 3.63. The van der Waals surface area contributed by atoms with Crippen molar-refractivity contribution in [3.63, 3.8) is 0 Å². The molecule has 4 rings (SSSR count). The van der Waals surface area contributed by atoms with Crippen LogP contribution in [0.4, 0.5) is 0 Å². The molecule has 1 aromatic heterocycles. The second kappa shape index (κ2) is 6.44. The third kappa shape index (κ3) is 2.86. The molecular formula is C19H18ClNO3. The van der Waals surface area contributed by atoms with E-state index in [1.54, 1.807) is 24.3 Å². The van der Waals surface area contributed by atoms with Crippen LogP contribution >= 0.6 is 11.6 Å². The lowest BCUT2D eigenvalue weighted by atomic mass is 9.88. The molecular weight excluding hydrogens is 326 g/mol. The summed E-state index contributed by atoms with van der Waals surface area (Å²) in [6.07, 6.45) is 7.10. The molecule has 1 heterocycles. The Morgan fingerprint density at radius 2 is 1.75 bits per heavy atom. The summed E-state index contributed by atoms with van der Waals surface area (Å²) in [5, 5.41) is 4.76. The van der Waals surface area contributed by atoms with Crippen molar-refractivity contribution in [3.05, 3.63) is 57.5 Å². The number of rotatable bonds is 2. The van der Waals surface area contributed by atoms with E-state index in [1.807, 2.05) is 0 Å². The third-order valence-corrected chi connectivity index (χ3v) is 4.92. The highest BCUT2D eigenvalue weighted by atomic mass is 35.5. The van der Waals surface area contributed by atoms with Gasteiger partial charge in [0.25, 0.3) is 0 Å². The van der Waals surface area contributed by atoms with Gasteiger partial charge >= 0.3 is 5.97 Å². The lowest BCUT2D eigenvalue weighted by Crippen LogP contribution is -2.14. The van der Waals surface area contributed by atoms with Crippen LogP contribution in [0.5, 0.6) is 0 Å². The minimum absolute atomic E-state index is 0.439. The minimum atomic E-state index is -0.469. The van der Waals surface area contributed by atoms with Crippen molar-refractivity contribution < 1.29 is 14.0 Å². The predicted octanol–water partition coefficient (Wildman–Crippen LogP) is 4.71. The Hall–Kier alpha value is -2.07. The van der Waals surface area contributed by atoms with Crippen LogP contribution < -0.4 is 0 Å². The normalized spacial score (nSPS) is 18.1. The van der Waals surface area contributed by atoms with E-state index in [4.69, 9.17) is 20.9 Å². The largest absolute Gasteiger partial charge is 0.465 e. The Kier molecular flexibility index (Phi) is 4.15. The van der Waals surface area contributed by atoms with Crippen molar-refractivity contribution in [2.45, 2.75) is 44.9 Å². The van der Waals surface area contributed by atoms with Crippen molar-refractivity contribution in [1.29, 1.82) is 0 Å². The van der Waals surface area contributed by atoms with Crippen LogP contribution in [0.25, 0.3) is 0 Å². The van der Waals surface area contributed by atoms with Gasteiger partial charge in [-0.1, -0.05) is 16.8 Å².